The lowest BCUT2D eigenvalue weighted by Gasteiger charge is -2.09. The number of cyclic esters (lactones) is 1. The number of nitrogens with zero attached hydrogens (tertiary/aromatic N) is 2. The van der Waals surface area contributed by atoms with Gasteiger partial charge in [-0.25, -0.2) is 14.6 Å². The summed E-state index contributed by atoms with van der Waals surface area (Å²) >= 11 is 1.49. The maximum Gasteiger partial charge on any atom is 0.347 e. The molecule has 1 fully saturated rings. The molecular weight excluding hydrogens is 332 g/mol. The number of fused-ring (bicyclic) bond motifs is 1. The highest BCUT2D eigenvalue weighted by atomic mass is 32.1. The number of thiophene rings is 1. The van der Waals surface area contributed by atoms with Gasteiger partial charge in [0.25, 0.3) is 5.71 Å². The summed E-state index contributed by atoms with van der Waals surface area (Å²) < 4.78 is 15.3. The van der Waals surface area contributed by atoms with Gasteiger partial charge in [0.05, 0.1) is 33.8 Å². The van der Waals surface area contributed by atoms with Crippen molar-refractivity contribution in [2.75, 3.05) is 6.61 Å². The van der Waals surface area contributed by atoms with E-state index in [4.69, 9.17) is 14.0 Å². The van der Waals surface area contributed by atoms with Crippen LogP contribution in [0.1, 0.15) is 22.5 Å². The van der Waals surface area contributed by atoms with Crippen molar-refractivity contribution in [3.63, 3.8) is 0 Å². The molecule has 3 aromatic heterocycles. The fraction of sp³-hybridized carbons (Fsp3) is 0.250. The number of ether oxygens (including phenoxy) is 2. The Hall–Kier alpha value is -2.74. The molecule has 0 amide bonds. The maximum absolute atomic E-state index is 12.6. The molecule has 0 radical (unpaired) electrons. The quantitative estimate of drug-likeness (QED) is 0.675. The number of aromatic nitrogens is 2. The molecule has 1 aliphatic heterocycles. The van der Waals surface area contributed by atoms with Gasteiger partial charge < -0.3 is 14.0 Å². The zero-order valence-electron chi connectivity index (χ0n) is 12.6. The minimum Gasteiger partial charge on any atom is -0.463 e. The molecule has 3 aromatic rings. The fourth-order valence-electron chi connectivity index (χ4n) is 2.58. The van der Waals surface area contributed by atoms with Crippen LogP contribution in [0.5, 0.6) is 0 Å². The molecule has 4 heterocycles. The largest absolute Gasteiger partial charge is 0.463 e. The Labute approximate surface area is 140 Å². The molecule has 1 atom stereocenters. The summed E-state index contributed by atoms with van der Waals surface area (Å²) in [6, 6.07) is 5.43. The molecule has 7 nitrogen and oxygen atoms in total. The lowest BCUT2D eigenvalue weighted by molar-refractivity contribution is -0.145. The first kappa shape index (κ1) is 14.8. The molecule has 4 rings (SSSR count). The third kappa shape index (κ3) is 2.44. The minimum absolute atomic E-state index is 0.259. The van der Waals surface area contributed by atoms with E-state index in [9.17, 15) is 9.59 Å². The number of hydrogen-bond acceptors (Lipinski definition) is 8. The third-order valence-corrected chi connectivity index (χ3v) is 4.64. The molecule has 0 aliphatic carbocycles. The SMILES string of the molecule is Cc1noc2nc(-c3cccs3)cc(C(=O)O[C@H]3CCOC3=O)c12. The monoisotopic (exact) mass is 344 g/mol. The van der Waals surface area contributed by atoms with Crippen LogP contribution in [-0.4, -0.2) is 34.8 Å². The summed E-state index contributed by atoms with van der Waals surface area (Å²) in [6.45, 7) is 1.98. The summed E-state index contributed by atoms with van der Waals surface area (Å²) in [5.41, 5.74) is 1.67. The molecule has 0 unspecified atom stereocenters. The van der Waals surface area contributed by atoms with Crippen molar-refractivity contribution in [2.24, 2.45) is 0 Å². The van der Waals surface area contributed by atoms with E-state index < -0.39 is 18.0 Å². The number of carbonyl (C=O) groups excluding carboxylic acids is 2. The Kier molecular flexibility index (Phi) is 3.53. The van der Waals surface area contributed by atoms with Crippen LogP contribution in [0.2, 0.25) is 0 Å². The first-order valence-electron chi connectivity index (χ1n) is 7.32. The van der Waals surface area contributed by atoms with Gasteiger partial charge in [-0.1, -0.05) is 11.2 Å². The van der Waals surface area contributed by atoms with Crippen LogP contribution in [0.3, 0.4) is 0 Å². The first-order chi connectivity index (χ1) is 11.6. The minimum atomic E-state index is -0.869. The first-order valence-corrected chi connectivity index (χ1v) is 8.20. The smallest absolute Gasteiger partial charge is 0.347 e. The summed E-state index contributed by atoms with van der Waals surface area (Å²) in [5, 5.41) is 6.28. The van der Waals surface area contributed by atoms with Crippen LogP contribution < -0.4 is 0 Å². The normalized spacial score (nSPS) is 17.2. The van der Waals surface area contributed by atoms with Crippen molar-refractivity contribution in [1.82, 2.24) is 10.1 Å². The molecule has 8 heteroatoms. The van der Waals surface area contributed by atoms with E-state index >= 15 is 0 Å². The highest BCUT2D eigenvalue weighted by Gasteiger charge is 2.32. The van der Waals surface area contributed by atoms with Crippen LogP contribution in [0.25, 0.3) is 21.7 Å². The average Bonchev–Trinajstić information content (AvgIpc) is 3.30. The summed E-state index contributed by atoms with van der Waals surface area (Å²) in [5.74, 6) is -1.13. The van der Waals surface area contributed by atoms with Gasteiger partial charge in [0.1, 0.15) is 0 Å². The van der Waals surface area contributed by atoms with E-state index in [0.29, 0.717) is 23.2 Å². The molecule has 1 saturated heterocycles. The van der Waals surface area contributed by atoms with Gasteiger partial charge in [-0.2, -0.15) is 0 Å². The molecule has 0 bridgehead atoms. The Bertz CT molecular complexity index is 932. The summed E-state index contributed by atoms with van der Waals surface area (Å²) in [7, 11) is 0. The fourth-order valence-corrected chi connectivity index (χ4v) is 3.27. The van der Waals surface area contributed by atoms with Gasteiger partial charge in [0.15, 0.2) is 0 Å². The third-order valence-electron chi connectivity index (χ3n) is 3.75. The Morgan fingerprint density at radius 2 is 2.33 bits per heavy atom. The van der Waals surface area contributed by atoms with Crippen molar-refractivity contribution < 1.29 is 23.6 Å². The summed E-state index contributed by atoms with van der Waals surface area (Å²) in [4.78, 5) is 29.4. The van der Waals surface area contributed by atoms with E-state index in [1.54, 1.807) is 13.0 Å². The summed E-state index contributed by atoms with van der Waals surface area (Å²) in [6.07, 6.45) is -0.509. The average molecular weight is 344 g/mol. The van der Waals surface area contributed by atoms with E-state index in [2.05, 4.69) is 10.1 Å². The highest BCUT2D eigenvalue weighted by Crippen LogP contribution is 2.30. The lowest BCUT2D eigenvalue weighted by atomic mass is 10.1. The zero-order chi connectivity index (χ0) is 16.7. The van der Waals surface area contributed by atoms with Crippen LogP contribution in [0, 0.1) is 6.92 Å². The second kappa shape index (κ2) is 5.72. The topological polar surface area (TPSA) is 91.5 Å². The number of rotatable bonds is 3. The molecule has 0 aromatic carbocycles. The Balaban J connectivity index is 1.79. The van der Waals surface area contributed by atoms with Crippen molar-refractivity contribution in [2.45, 2.75) is 19.4 Å². The second-order valence-electron chi connectivity index (χ2n) is 5.33. The zero-order valence-corrected chi connectivity index (χ0v) is 13.5. The number of carbonyl (C=O) groups is 2. The van der Waals surface area contributed by atoms with Gasteiger partial charge in [0, 0.05) is 6.42 Å². The molecule has 0 spiro atoms. The molecule has 0 N–H and O–H groups in total. The van der Waals surface area contributed by atoms with E-state index in [-0.39, 0.29) is 17.9 Å². The lowest BCUT2D eigenvalue weighted by Crippen LogP contribution is -2.23. The molecule has 1 aliphatic rings. The molecule has 122 valence electrons. The predicted molar refractivity (Wildman–Crippen MR) is 84.6 cm³/mol. The standard InChI is InChI=1S/C16H12N2O5S/c1-8-13-9(15(19)22-11-4-5-21-16(11)20)7-10(12-3-2-6-24-12)17-14(13)23-18-8/h2-3,6-7,11H,4-5H2,1H3/t11-/m0/s1. The number of hydrogen-bond donors (Lipinski definition) is 0. The van der Waals surface area contributed by atoms with Crippen LogP contribution >= 0.6 is 11.3 Å². The van der Waals surface area contributed by atoms with Gasteiger partial charge in [0.2, 0.25) is 6.10 Å². The van der Waals surface area contributed by atoms with Crippen molar-refractivity contribution in [3.8, 4) is 10.6 Å². The van der Waals surface area contributed by atoms with Crippen LogP contribution in [-0.2, 0) is 14.3 Å². The van der Waals surface area contributed by atoms with Crippen molar-refractivity contribution >= 4 is 34.4 Å². The van der Waals surface area contributed by atoms with Gasteiger partial charge >= 0.3 is 11.9 Å². The molecule has 0 saturated carbocycles. The highest BCUT2D eigenvalue weighted by molar-refractivity contribution is 7.13. The van der Waals surface area contributed by atoms with E-state index in [0.717, 1.165) is 4.88 Å². The van der Waals surface area contributed by atoms with Crippen molar-refractivity contribution in [3.05, 3.63) is 34.8 Å². The van der Waals surface area contributed by atoms with Crippen LogP contribution in [0.15, 0.2) is 28.1 Å². The van der Waals surface area contributed by atoms with Gasteiger partial charge in [-0.05, 0) is 24.4 Å². The van der Waals surface area contributed by atoms with E-state index in [1.165, 1.54) is 11.3 Å². The number of aryl methyl sites for hydroxylation is 1. The molecule has 24 heavy (non-hydrogen) atoms. The predicted octanol–water partition coefficient (Wildman–Crippen LogP) is 2.73. The Morgan fingerprint density at radius 3 is 3.04 bits per heavy atom. The number of esters is 2. The van der Waals surface area contributed by atoms with Crippen LogP contribution in [0.4, 0.5) is 0 Å². The number of pyridine rings is 1. The maximum atomic E-state index is 12.6. The van der Waals surface area contributed by atoms with E-state index in [1.807, 2.05) is 17.5 Å². The van der Waals surface area contributed by atoms with Crippen molar-refractivity contribution in [1.29, 1.82) is 0 Å². The molecular formula is C16H12N2O5S. The second-order valence-corrected chi connectivity index (χ2v) is 6.28. The van der Waals surface area contributed by atoms with Gasteiger partial charge in [-0.15, -0.1) is 11.3 Å². The Morgan fingerprint density at radius 1 is 1.46 bits per heavy atom. The van der Waals surface area contributed by atoms with Gasteiger partial charge in [-0.3, -0.25) is 0 Å².